The summed E-state index contributed by atoms with van der Waals surface area (Å²) in [7, 11) is 4.03. The summed E-state index contributed by atoms with van der Waals surface area (Å²) in [5.74, 6) is 0.800. The van der Waals surface area contributed by atoms with E-state index in [9.17, 15) is 4.79 Å². The number of urea groups is 1. The van der Waals surface area contributed by atoms with E-state index in [1.54, 1.807) is 0 Å². The van der Waals surface area contributed by atoms with Gasteiger partial charge in [-0.15, -0.1) is 0 Å². The van der Waals surface area contributed by atoms with E-state index in [2.05, 4.69) is 20.3 Å². The summed E-state index contributed by atoms with van der Waals surface area (Å²) in [6.45, 7) is 7.77. The van der Waals surface area contributed by atoms with E-state index in [-0.39, 0.29) is 12.1 Å². The Morgan fingerprint density at radius 3 is 2.48 bits per heavy atom. The van der Waals surface area contributed by atoms with Gasteiger partial charge >= 0.3 is 6.03 Å². The number of nitrogens with zero attached hydrogens (tertiary/aromatic N) is 4. The lowest BCUT2D eigenvalue weighted by Gasteiger charge is -2.26. The Hall–Kier alpha value is -2.54. The van der Waals surface area contributed by atoms with Crippen LogP contribution in [-0.2, 0) is 6.54 Å². The second kappa shape index (κ2) is 9.78. The SMILES string of the molecule is CC(C)NC(=O)N(CCN(C)C)Cc1c(-c2ccccc2)noc1N1CCCC1. The third kappa shape index (κ3) is 5.50. The average molecular weight is 400 g/mol. The van der Waals surface area contributed by atoms with Gasteiger partial charge in [-0.25, -0.2) is 4.79 Å². The van der Waals surface area contributed by atoms with E-state index in [1.165, 1.54) is 0 Å². The molecule has 0 bridgehead atoms. The predicted octanol–water partition coefficient (Wildman–Crippen LogP) is 3.42. The normalized spacial score (nSPS) is 14.1. The highest BCUT2D eigenvalue weighted by Crippen LogP contribution is 2.34. The fraction of sp³-hybridized carbons (Fsp3) is 0.545. The van der Waals surface area contributed by atoms with Gasteiger partial charge in [-0.2, -0.15) is 0 Å². The summed E-state index contributed by atoms with van der Waals surface area (Å²) >= 11 is 0. The van der Waals surface area contributed by atoms with Crippen molar-refractivity contribution in [1.82, 2.24) is 20.3 Å². The van der Waals surface area contributed by atoms with Crippen LogP contribution in [0.25, 0.3) is 11.3 Å². The van der Waals surface area contributed by atoms with Crippen LogP contribution in [0.15, 0.2) is 34.9 Å². The van der Waals surface area contributed by atoms with Gasteiger partial charge in [0.25, 0.3) is 0 Å². The summed E-state index contributed by atoms with van der Waals surface area (Å²) in [5, 5.41) is 7.45. The molecule has 2 heterocycles. The molecule has 0 spiro atoms. The molecular formula is C22H33N5O2. The van der Waals surface area contributed by atoms with Crippen LogP contribution < -0.4 is 10.2 Å². The van der Waals surface area contributed by atoms with Crippen molar-refractivity contribution >= 4 is 11.9 Å². The molecule has 0 atom stereocenters. The quantitative estimate of drug-likeness (QED) is 0.737. The fourth-order valence-electron chi connectivity index (χ4n) is 3.54. The minimum Gasteiger partial charge on any atom is -0.340 e. The van der Waals surface area contributed by atoms with Crippen molar-refractivity contribution in [1.29, 1.82) is 0 Å². The molecule has 1 aromatic carbocycles. The number of hydrogen-bond donors (Lipinski definition) is 1. The molecule has 1 fully saturated rings. The van der Waals surface area contributed by atoms with Crippen LogP contribution in [0.1, 0.15) is 32.3 Å². The molecular weight excluding hydrogens is 366 g/mol. The van der Waals surface area contributed by atoms with Crippen molar-refractivity contribution in [3.05, 3.63) is 35.9 Å². The Morgan fingerprint density at radius 1 is 1.17 bits per heavy atom. The van der Waals surface area contributed by atoms with Gasteiger partial charge in [0.2, 0.25) is 5.88 Å². The standard InChI is InChI=1S/C22H33N5O2/c1-17(2)23-22(28)27(15-14-25(3)4)16-19-20(18-10-6-5-7-11-18)24-29-21(19)26-12-8-9-13-26/h5-7,10-11,17H,8-9,12-16H2,1-4H3,(H,23,28). The van der Waals surface area contributed by atoms with Gasteiger partial charge in [0.1, 0.15) is 5.69 Å². The Balaban J connectivity index is 1.93. The lowest BCUT2D eigenvalue weighted by atomic mass is 10.1. The Morgan fingerprint density at radius 2 is 1.86 bits per heavy atom. The van der Waals surface area contributed by atoms with Crippen molar-refractivity contribution in [3.8, 4) is 11.3 Å². The smallest absolute Gasteiger partial charge is 0.317 e. The van der Waals surface area contributed by atoms with E-state index in [4.69, 9.17) is 4.52 Å². The maximum absolute atomic E-state index is 12.9. The molecule has 1 N–H and O–H groups in total. The van der Waals surface area contributed by atoms with Crippen LogP contribution in [0.5, 0.6) is 0 Å². The zero-order chi connectivity index (χ0) is 20.8. The van der Waals surface area contributed by atoms with E-state index >= 15 is 0 Å². The molecule has 1 aromatic heterocycles. The van der Waals surface area contributed by atoms with Crippen molar-refractivity contribution in [2.45, 2.75) is 39.3 Å². The topological polar surface area (TPSA) is 64.9 Å². The van der Waals surface area contributed by atoms with Crippen molar-refractivity contribution in [2.24, 2.45) is 0 Å². The molecule has 1 saturated heterocycles. The molecule has 2 amide bonds. The van der Waals surface area contributed by atoms with Crippen molar-refractivity contribution in [2.75, 3.05) is 45.2 Å². The maximum Gasteiger partial charge on any atom is 0.317 e. The third-order valence-corrected chi connectivity index (χ3v) is 5.07. The zero-order valence-electron chi connectivity index (χ0n) is 18.0. The summed E-state index contributed by atoms with van der Waals surface area (Å²) in [6.07, 6.45) is 2.30. The highest BCUT2D eigenvalue weighted by atomic mass is 16.5. The molecule has 29 heavy (non-hydrogen) atoms. The first kappa shape index (κ1) is 21.2. The number of nitrogens with one attached hydrogen (secondary N) is 1. The average Bonchev–Trinajstić information content (AvgIpc) is 3.34. The second-order valence-electron chi connectivity index (χ2n) is 8.20. The van der Waals surface area contributed by atoms with Gasteiger partial charge in [0.15, 0.2) is 0 Å². The Kier molecular flexibility index (Phi) is 7.14. The number of likely N-dealkylation sites (N-methyl/N-ethyl adjacent to an activating group) is 1. The number of aromatic nitrogens is 1. The summed E-state index contributed by atoms with van der Waals surface area (Å²) < 4.78 is 5.83. The van der Waals surface area contributed by atoms with Gasteiger partial charge in [0.05, 0.1) is 12.1 Å². The highest BCUT2D eigenvalue weighted by Gasteiger charge is 2.27. The minimum absolute atomic E-state index is 0.0607. The monoisotopic (exact) mass is 399 g/mol. The molecule has 0 radical (unpaired) electrons. The minimum atomic E-state index is -0.0607. The van der Waals surface area contributed by atoms with Crippen LogP contribution >= 0.6 is 0 Å². The largest absolute Gasteiger partial charge is 0.340 e. The van der Waals surface area contributed by atoms with Gasteiger partial charge < -0.3 is 24.5 Å². The lowest BCUT2D eigenvalue weighted by molar-refractivity contribution is 0.186. The molecule has 3 rings (SSSR count). The van der Waals surface area contributed by atoms with Crippen molar-refractivity contribution < 1.29 is 9.32 Å². The molecule has 158 valence electrons. The first-order chi connectivity index (χ1) is 14.0. The van der Waals surface area contributed by atoms with Gasteiger partial charge in [0, 0.05) is 37.8 Å². The van der Waals surface area contributed by atoms with E-state index in [0.29, 0.717) is 13.1 Å². The molecule has 0 unspecified atom stereocenters. The number of benzene rings is 1. The molecule has 7 nitrogen and oxygen atoms in total. The number of carbonyl (C=O) groups excluding carboxylic acids is 1. The second-order valence-corrected chi connectivity index (χ2v) is 8.20. The molecule has 0 aliphatic carbocycles. The van der Waals surface area contributed by atoms with Crippen LogP contribution in [0.3, 0.4) is 0 Å². The number of rotatable bonds is 8. The molecule has 2 aromatic rings. The summed E-state index contributed by atoms with van der Waals surface area (Å²) in [4.78, 5) is 19.1. The first-order valence-electron chi connectivity index (χ1n) is 10.4. The molecule has 1 aliphatic rings. The zero-order valence-corrected chi connectivity index (χ0v) is 18.0. The fourth-order valence-corrected chi connectivity index (χ4v) is 3.54. The Labute approximate surface area is 173 Å². The van der Waals surface area contributed by atoms with Crippen LogP contribution in [0.4, 0.5) is 10.7 Å². The van der Waals surface area contributed by atoms with Gasteiger partial charge in [-0.1, -0.05) is 35.5 Å². The van der Waals surface area contributed by atoms with Crippen molar-refractivity contribution in [3.63, 3.8) is 0 Å². The highest BCUT2D eigenvalue weighted by molar-refractivity contribution is 5.76. The summed E-state index contributed by atoms with van der Waals surface area (Å²) in [5.41, 5.74) is 2.81. The lowest BCUT2D eigenvalue weighted by Crippen LogP contribution is -2.45. The van der Waals surface area contributed by atoms with Gasteiger partial charge in [-0.3, -0.25) is 0 Å². The number of hydrogen-bond acceptors (Lipinski definition) is 5. The summed E-state index contributed by atoms with van der Waals surface area (Å²) in [6, 6.07) is 10.1. The van der Waals surface area contributed by atoms with Crippen LogP contribution in [-0.4, -0.2) is 67.3 Å². The number of amides is 2. The molecule has 1 aliphatic heterocycles. The third-order valence-electron chi connectivity index (χ3n) is 5.07. The van der Waals surface area contributed by atoms with Crippen LogP contribution in [0, 0.1) is 0 Å². The Bertz CT molecular complexity index is 782. The number of carbonyl (C=O) groups is 1. The van der Waals surface area contributed by atoms with Gasteiger partial charge in [-0.05, 0) is 40.8 Å². The van der Waals surface area contributed by atoms with E-state index in [1.807, 2.05) is 63.2 Å². The number of anilines is 1. The molecule has 7 heteroatoms. The predicted molar refractivity (Wildman–Crippen MR) is 116 cm³/mol. The van der Waals surface area contributed by atoms with Crippen LogP contribution in [0.2, 0.25) is 0 Å². The maximum atomic E-state index is 12.9. The van der Waals surface area contributed by atoms with E-state index in [0.717, 1.165) is 55.2 Å². The van der Waals surface area contributed by atoms with E-state index < -0.39 is 0 Å². The first-order valence-corrected chi connectivity index (χ1v) is 10.4. The molecule has 0 saturated carbocycles.